The van der Waals surface area contributed by atoms with Gasteiger partial charge in [-0.2, -0.15) is 0 Å². The molecule has 0 aliphatic heterocycles. The fourth-order valence-corrected chi connectivity index (χ4v) is 2.62. The highest BCUT2D eigenvalue weighted by atomic mass is 127. The van der Waals surface area contributed by atoms with Crippen molar-refractivity contribution in [3.05, 3.63) is 0 Å². The third-order valence-corrected chi connectivity index (χ3v) is 6.14. The molecule has 0 N–H and O–H groups in total. The maximum absolute atomic E-state index is 5.23. The van der Waals surface area contributed by atoms with E-state index < -0.39 is 0 Å². The topological polar surface area (TPSA) is 9.23 Å². The Morgan fingerprint density at radius 2 is 1.61 bits per heavy atom. The van der Waals surface area contributed by atoms with Crippen molar-refractivity contribution in [1.29, 1.82) is 0 Å². The van der Waals surface area contributed by atoms with Gasteiger partial charge in [0.05, 0.1) is 0 Å². The average Bonchev–Trinajstić information content (AvgIpc) is 2.31. The Bertz CT molecular complexity index is 222. The summed E-state index contributed by atoms with van der Waals surface area (Å²) in [6, 6.07) is 0. The van der Waals surface area contributed by atoms with E-state index in [1.165, 1.54) is 25.7 Å². The van der Waals surface area contributed by atoms with Crippen molar-refractivity contribution in [3.8, 4) is 0 Å². The molecule has 3 atom stereocenters. The molecule has 110 valence electrons. The Hall–Kier alpha value is 0.690. The molecule has 0 saturated heterocycles. The highest BCUT2D eigenvalue weighted by Gasteiger charge is 2.31. The summed E-state index contributed by atoms with van der Waals surface area (Å²) >= 11 is 2.59. The zero-order valence-corrected chi connectivity index (χ0v) is 15.6. The van der Waals surface area contributed by atoms with E-state index in [4.69, 9.17) is 4.74 Å². The molecule has 0 aromatic rings. The molecule has 18 heavy (non-hydrogen) atoms. The van der Waals surface area contributed by atoms with Crippen LogP contribution in [0.25, 0.3) is 0 Å². The number of halogens is 1. The lowest BCUT2D eigenvalue weighted by molar-refractivity contribution is 0.108. The van der Waals surface area contributed by atoms with Gasteiger partial charge in [0.15, 0.2) is 0 Å². The van der Waals surface area contributed by atoms with Gasteiger partial charge < -0.3 is 4.74 Å². The number of ether oxygens (including phenoxy) is 1. The van der Waals surface area contributed by atoms with E-state index in [0.717, 1.165) is 18.4 Å². The van der Waals surface area contributed by atoms with Crippen LogP contribution in [-0.2, 0) is 4.74 Å². The van der Waals surface area contributed by atoms with E-state index >= 15 is 0 Å². The molecular weight excluding hydrogens is 335 g/mol. The van der Waals surface area contributed by atoms with Crippen LogP contribution in [-0.4, -0.2) is 17.1 Å². The zero-order chi connectivity index (χ0) is 14.4. The predicted molar refractivity (Wildman–Crippen MR) is 90.6 cm³/mol. The number of alkyl halides is 1. The second-order valence-electron chi connectivity index (χ2n) is 6.69. The maximum Gasteiger partial charge on any atom is 0.0465 e. The van der Waals surface area contributed by atoms with Gasteiger partial charge in [0.25, 0.3) is 0 Å². The van der Waals surface area contributed by atoms with Crippen LogP contribution in [0.3, 0.4) is 0 Å². The molecule has 0 bridgehead atoms. The first-order chi connectivity index (χ1) is 8.17. The molecule has 2 unspecified atom stereocenters. The fraction of sp³-hybridized carbons (Fsp3) is 1.00. The first-order valence-corrected chi connectivity index (χ1v) is 8.43. The number of methoxy groups -OCH3 is 1. The molecule has 0 aliphatic carbocycles. The fourth-order valence-electron chi connectivity index (χ4n) is 2.30. The monoisotopic (exact) mass is 368 g/mol. The Labute approximate surface area is 129 Å². The third kappa shape index (κ3) is 6.23. The van der Waals surface area contributed by atoms with Gasteiger partial charge in [-0.1, -0.05) is 70.6 Å². The zero-order valence-electron chi connectivity index (χ0n) is 13.5. The molecule has 0 aromatic heterocycles. The molecule has 0 aromatic carbocycles. The van der Waals surface area contributed by atoms with Crippen LogP contribution in [0.2, 0.25) is 0 Å². The molecule has 0 amide bonds. The molecule has 0 saturated carbocycles. The Kier molecular flexibility index (Phi) is 8.39. The molecule has 0 heterocycles. The van der Waals surface area contributed by atoms with E-state index in [2.05, 4.69) is 64.1 Å². The second-order valence-corrected chi connectivity index (χ2v) is 9.47. The third-order valence-electron chi connectivity index (χ3n) is 5.07. The first kappa shape index (κ1) is 18.7. The normalized spacial score (nSPS) is 19.3. The van der Waals surface area contributed by atoms with E-state index in [1.54, 1.807) is 7.11 Å². The van der Waals surface area contributed by atoms with Crippen molar-refractivity contribution in [1.82, 2.24) is 0 Å². The summed E-state index contributed by atoms with van der Waals surface area (Å²) in [5.74, 6) is 1.52. The van der Waals surface area contributed by atoms with Gasteiger partial charge in [-0.05, 0) is 36.5 Å². The highest BCUT2D eigenvalue weighted by molar-refractivity contribution is 14.1. The van der Waals surface area contributed by atoms with Crippen LogP contribution in [0, 0.1) is 17.3 Å². The minimum Gasteiger partial charge on any atom is -0.385 e. The first-order valence-electron chi connectivity index (χ1n) is 7.35. The smallest absolute Gasteiger partial charge is 0.0465 e. The van der Waals surface area contributed by atoms with Crippen molar-refractivity contribution in [3.63, 3.8) is 0 Å². The van der Waals surface area contributed by atoms with E-state index in [9.17, 15) is 0 Å². The second kappa shape index (κ2) is 8.08. The Balaban J connectivity index is 4.39. The standard InChI is InChI=1S/C16H33IO/c1-8-16(6,14(3)10-12-18-7)11-9-13(2)15(4,5)17/h13-14H,8-12H2,1-7H3/t13?,14?,16-/m0/s1. The summed E-state index contributed by atoms with van der Waals surface area (Å²) in [5, 5.41) is 0. The van der Waals surface area contributed by atoms with Gasteiger partial charge in [0, 0.05) is 17.1 Å². The lowest BCUT2D eigenvalue weighted by Crippen LogP contribution is -2.29. The molecule has 0 spiro atoms. The molecule has 1 nitrogen and oxygen atoms in total. The number of rotatable bonds is 9. The van der Waals surface area contributed by atoms with Gasteiger partial charge in [-0.15, -0.1) is 0 Å². The van der Waals surface area contributed by atoms with E-state index in [-0.39, 0.29) is 0 Å². The van der Waals surface area contributed by atoms with Crippen LogP contribution in [0.1, 0.15) is 67.2 Å². The van der Waals surface area contributed by atoms with E-state index in [0.29, 0.717) is 8.84 Å². The lowest BCUT2D eigenvalue weighted by atomic mass is 9.70. The molecular formula is C16H33IO. The summed E-state index contributed by atoms with van der Waals surface area (Å²) in [6.45, 7) is 15.2. The van der Waals surface area contributed by atoms with Gasteiger partial charge in [0.1, 0.15) is 0 Å². The van der Waals surface area contributed by atoms with Crippen LogP contribution in [0.5, 0.6) is 0 Å². The highest BCUT2D eigenvalue weighted by Crippen LogP contribution is 2.41. The van der Waals surface area contributed by atoms with Crippen LogP contribution in [0.15, 0.2) is 0 Å². The minimum absolute atomic E-state index is 0.405. The summed E-state index contributed by atoms with van der Waals surface area (Å²) in [5.41, 5.74) is 0.467. The largest absolute Gasteiger partial charge is 0.385 e. The molecule has 0 rings (SSSR count). The molecule has 0 fully saturated rings. The summed E-state index contributed by atoms with van der Waals surface area (Å²) in [7, 11) is 1.80. The lowest BCUT2D eigenvalue weighted by Gasteiger charge is -2.37. The van der Waals surface area contributed by atoms with Crippen molar-refractivity contribution in [2.24, 2.45) is 17.3 Å². The number of hydrogen-bond donors (Lipinski definition) is 0. The molecule has 0 aliphatic rings. The average molecular weight is 368 g/mol. The number of hydrogen-bond acceptors (Lipinski definition) is 1. The van der Waals surface area contributed by atoms with E-state index in [1.807, 2.05) is 0 Å². The summed E-state index contributed by atoms with van der Waals surface area (Å²) < 4.78 is 5.64. The maximum atomic E-state index is 5.23. The molecule has 0 radical (unpaired) electrons. The van der Waals surface area contributed by atoms with Crippen LogP contribution < -0.4 is 0 Å². The van der Waals surface area contributed by atoms with Gasteiger partial charge in [-0.25, -0.2) is 0 Å². The Morgan fingerprint density at radius 1 is 1.06 bits per heavy atom. The van der Waals surface area contributed by atoms with Gasteiger partial charge in [-0.3, -0.25) is 0 Å². The van der Waals surface area contributed by atoms with Crippen molar-refractivity contribution in [2.45, 2.75) is 70.6 Å². The SMILES string of the molecule is CC[C@@](C)(CCC(C)C(C)(C)I)C(C)CCOC. The van der Waals surface area contributed by atoms with Crippen LogP contribution >= 0.6 is 22.6 Å². The van der Waals surface area contributed by atoms with Crippen LogP contribution in [0.4, 0.5) is 0 Å². The summed E-state index contributed by atoms with van der Waals surface area (Å²) in [6.07, 6.45) is 5.12. The Morgan fingerprint density at radius 3 is 2.00 bits per heavy atom. The molecule has 2 heteroatoms. The minimum atomic E-state index is 0.405. The van der Waals surface area contributed by atoms with Gasteiger partial charge >= 0.3 is 0 Å². The summed E-state index contributed by atoms with van der Waals surface area (Å²) in [4.78, 5) is 0. The predicted octanol–water partition coefficient (Wildman–Crippen LogP) is 5.71. The van der Waals surface area contributed by atoms with Crippen molar-refractivity contribution in [2.75, 3.05) is 13.7 Å². The van der Waals surface area contributed by atoms with Gasteiger partial charge in [0.2, 0.25) is 0 Å². The van der Waals surface area contributed by atoms with Crippen molar-refractivity contribution >= 4 is 22.6 Å². The van der Waals surface area contributed by atoms with Crippen molar-refractivity contribution < 1.29 is 4.74 Å². The quantitative estimate of drug-likeness (QED) is 0.374.